The summed E-state index contributed by atoms with van der Waals surface area (Å²) in [5, 5.41) is 21.4. The van der Waals surface area contributed by atoms with Crippen molar-refractivity contribution in [3.63, 3.8) is 0 Å². The highest BCUT2D eigenvalue weighted by atomic mass is 16.3. The van der Waals surface area contributed by atoms with Crippen LogP contribution in [-0.4, -0.2) is 22.4 Å². The van der Waals surface area contributed by atoms with Gasteiger partial charge >= 0.3 is 0 Å². The average molecular weight is 387 g/mol. The molecule has 0 unspecified atom stereocenters. The first-order chi connectivity index (χ1) is 13.2. The van der Waals surface area contributed by atoms with Gasteiger partial charge in [-0.2, -0.15) is 0 Å². The van der Waals surface area contributed by atoms with Crippen LogP contribution in [0.2, 0.25) is 0 Å². The highest BCUT2D eigenvalue weighted by Crippen LogP contribution is 2.67. The third kappa shape index (κ3) is 3.14. The molecule has 2 N–H and O–H groups in total. The van der Waals surface area contributed by atoms with Gasteiger partial charge < -0.3 is 10.2 Å². The molecule has 4 aliphatic carbocycles. The van der Waals surface area contributed by atoms with Crippen LogP contribution < -0.4 is 0 Å². The Bertz CT molecular complexity index is 649. The summed E-state index contributed by atoms with van der Waals surface area (Å²) in [5.41, 5.74) is 1.91. The van der Waals surface area contributed by atoms with Crippen molar-refractivity contribution in [2.24, 2.45) is 46.3 Å². The van der Waals surface area contributed by atoms with Gasteiger partial charge in [0.2, 0.25) is 0 Å². The normalized spacial score (nSPS) is 49.5. The van der Waals surface area contributed by atoms with E-state index in [-0.39, 0.29) is 17.6 Å². The van der Waals surface area contributed by atoms with Crippen molar-refractivity contribution in [3.05, 3.63) is 23.8 Å². The number of fused-ring (bicyclic) bond motifs is 5. The number of rotatable bonds is 3. The molecule has 0 bridgehead atoms. The summed E-state index contributed by atoms with van der Waals surface area (Å²) in [6.07, 6.45) is 14.4. The Hall–Kier alpha value is -0.600. The Morgan fingerprint density at radius 3 is 2.43 bits per heavy atom. The van der Waals surface area contributed by atoms with Gasteiger partial charge in [-0.05, 0) is 91.3 Å². The first-order valence-corrected chi connectivity index (χ1v) is 11.9. The highest BCUT2D eigenvalue weighted by molar-refractivity contribution is 5.28. The second-order valence-electron chi connectivity index (χ2n) is 11.5. The van der Waals surface area contributed by atoms with Crippen LogP contribution in [0.15, 0.2) is 23.8 Å². The molecule has 0 spiro atoms. The lowest BCUT2D eigenvalue weighted by atomic mass is 9.46. The fourth-order valence-electron chi connectivity index (χ4n) is 8.07. The van der Waals surface area contributed by atoms with E-state index in [1.165, 1.54) is 31.3 Å². The third-order valence-corrected chi connectivity index (χ3v) is 9.61. The SMILES string of the molecule is CC(C)/C=C/[C@@H](C)[C@H]1CC[C@H]2[C@@H]3[C@H](O)C=C4C[C@@H](O)CC[C@]4(C)[C@H]3CC[C@]12C. The van der Waals surface area contributed by atoms with Crippen LogP contribution in [0.3, 0.4) is 0 Å². The molecule has 28 heavy (non-hydrogen) atoms. The molecule has 0 aromatic rings. The lowest BCUT2D eigenvalue weighted by Gasteiger charge is -2.59. The van der Waals surface area contributed by atoms with Gasteiger partial charge in [0.05, 0.1) is 12.2 Å². The quantitative estimate of drug-likeness (QED) is 0.607. The summed E-state index contributed by atoms with van der Waals surface area (Å²) in [6.45, 7) is 11.9. The maximum atomic E-state index is 11.2. The van der Waals surface area contributed by atoms with Crippen LogP contribution in [0.25, 0.3) is 0 Å². The van der Waals surface area contributed by atoms with Gasteiger partial charge in [0.1, 0.15) is 0 Å². The Kier molecular flexibility index (Phi) is 5.37. The van der Waals surface area contributed by atoms with Gasteiger partial charge in [-0.3, -0.25) is 0 Å². The number of hydrogen-bond acceptors (Lipinski definition) is 2. The van der Waals surface area contributed by atoms with Crippen molar-refractivity contribution in [1.29, 1.82) is 0 Å². The van der Waals surface area contributed by atoms with E-state index in [4.69, 9.17) is 0 Å². The van der Waals surface area contributed by atoms with Gasteiger partial charge in [0.25, 0.3) is 0 Å². The van der Waals surface area contributed by atoms with E-state index in [2.05, 4.69) is 52.8 Å². The van der Waals surface area contributed by atoms with E-state index in [0.717, 1.165) is 25.2 Å². The van der Waals surface area contributed by atoms with E-state index in [0.29, 0.717) is 35.0 Å². The molecule has 0 aromatic heterocycles. The van der Waals surface area contributed by atoms with E-state index in [1.54, 1.807) is 0 Å². The zero-order valence-corrected chi connectivity index (χ0v) is 18.7. The van der Waals surface area contributed by atoms with Gasteiger partial charge in [-0.15, -0.1) is 0 Å². The lowest BCUT2D eigenvalue weighted by molar-refractivity contribution is -0.0950. The maximum Gasteiger partial charge on any atom is 0.0757 e. The summed E-state index contributed by atoms with van der Waals surface area (Å²) < 4.78 is 0. The highest BCUT2D eigenvalue weighted by Gasteiger charge is 2.60. The van der Waals surface area contributed by atoms with Crippen LogP contribution in [0.4, 0.5) is 0 Å². The summed E-state index contributed by atoms with van der Waals surface area (Å²) >= 11 is 0. The van der Waals surface area contributed by atoms with Crippen LogP contribution in [0.1, 0.15) is 79.6 Å². The van der Waals surface area contributed by atoms with Crippen molar-refractivity contribution in [3.8, 4) is 0 Å². The molecule has 0 amide bonds. The second-order valence-corrected chi connectivity index (χ2v) is 11.5. The molecule has 0 radical (unpaired) electrons. The molecule has 3 fully saturated rings. The molecule has 4 rings (SSSR count). The predicted octanol–water partition coefficient (Wildman–Crippen LogP) is 5.75. The average Bonchev–Trinajstić information content (AvgIpc) is 2.98. The molecule has 0 heterocycles. The minimum absolute atomic E-state index is 0.200. The Balaban J connectivity index is 1.62. The monoisotopic (exact) mass is 386 g/mol. The Morgan fingerprint density at radius 1 is 0.964 bits per heavy atom. The molecular formula is C26H42O2. The van der Waals surface area contributed by atoms with Crippen molar-refractivity contribution < 1.29 is 10.2 Å². The number of allylic oxidation sites excluding steroid dienone is 2. The molecule has 2 nitrogen and oxygen atoms in total. The summed E-state index contributed by atoms with van der Waals surface area (Å²) in [6, 6.07) is 0. The van der Waals surface area contributed by atoms with Gasteiger partial charge in [-0.1, -0.05) is 58.4 Å². The molecule has 158 valence electrons. The predicted molar refractivity (Wildman–Crippen MR) is 116 cm³/mol. The molecule has 2 heteroatoms. The Labute approximate surface area is 172 Å². The largest absolute Gasteiger partial charge is 0.393 e. The Morgan fingerprint density at radius 2 is 1.71 bits per heavy atom. The summed E-state index contributed by atoms with van der Waals surface area (Å²) in [5.74, 6) is 3.63. The summed E-state index contributed by atoms with van der Waals surface area (Å²) in [7, 11) is 0. The van der Waals surface area contributed by atoms with Crippen molar-refractivity contribution in [2.45, 2.75) is 91.8 Å². The zero-order valence-electron chi connectivity index (χ0n) is 18.7. The van der Waals surface area contributed by atoms with Crippen LogP contribution in [-0.2, 0) is 0 Å². The van der Waals surface area contributed by atoms with E-state index >= 15 is 0 Å². The van der Waals surface area contributed by atoms with E-state index in [9.17, 15) is 10.2 Å². The van der Waals surface area contributed by atoms with E-state index in [1.807, 2.05) is 0 Å². The zero-order chi connectivity index (χ0) is 20.3. The van der Waals surface area contributed by atoms with Gasteiger partial charge in [0, 0.05) is 0 Å². The first-order valence-electron chi connectivity index (χ1n) is 11.9. The minimum atomic E-state index is -0.316. The fourth-order valence-corrected chi connectivity index (χ4v) is 8.07. The maximum absolute atomic E-state index is 11.2. The minimum Gasteiger partial charge on any atom is -0.393 e. The number of aliphatic hydroxyl groups excluding tert-OH is 2. The molecule has 9 atom stereocenters. The standard InChI is InChI=1S/C26H42O2/c1-16(2)6-7-17(3)20-8-9-21-24-22(11-13-26(20,21)5)25(4)12-10-19(27)14-18(25)15-23(24)28/h6-7,15-17,19-24,27-28H,8-14H2,1-5H3/b7-6+/t17-,19+,20-,21+,22+,23-,24+,25+,26-/m1/s1. The topological polar surface area (TPSA) is 40.5 Å². The molecular weight excluding hydrogens is 344 g/mol. The number of aliphatic hydroxyl groups is 2. The second kappa shape index (κ2) is 7.27. The van der Waals surface area contributed by atoms with Crippen molar-refractivity contribution in [1.82, 2.24) is 0 Å². The van der Waals surface area contributed by atoms with E-state index < -0.39 is 0 Å². The van der Waals surface area contributed by atoms with Crippen LogP contribution >= 0.6 is 0 Å². The van der Waals surface area contributed by atoms with Crippen LogP contribution in [0.5, 0.6) is 0 Å². The molecule has 3 saturated carbocycles. The van der Waals surface area contributed by atoms with Crippen LogP contribution in [0, 0.1) is 46.3 Å². The first kappa shape index (κ1) is 20.7. The lowest BCUT2D eigenvalue weighted by Crippen LogP contribution is -2.54. The van der Waals surface area contributed by atoms with Gasteiger partial charge in [-0.25, -0.2) is 0 Å². The smallest absolute Gasteiger partial charge is 0.0757 e. The number of hydrogen-bond donors (Lipinski definition) is 2. The third-order valence-electron chi connectivity index (χ3n) is 9.61. The summed E-state index contributed by atoms with van der Waals surface area (Å²) in [4.78, 5) is 0. The molecule has 0 aliphatic heterocycles. The molecule has 4 aliphatic rings. The molecule has 0 saturated heterocycles. The van der Waals surface area contributed by atoms with Gasteiger partial charge in [0.15, 0.2) is 0 Å². The van der Waals surface area contributed by atoms with Crippen molar-refractivity contribution >= 4 is 0 Å². The van der Waals surface area contributed by atoms with Crippen molar-refractivity contribution in [2.75, 3.05) is 0 Å². The fraction of sp³-hybridized carbons (Fsp3) is 0.846. The molecule has 0 aromatic carbocycles.